The van der Waals surface area contributed by atoms with Crippen LogP contribution in [0.15, 0.2) is 71.3 Å². The Bertz CT molecular complexity index is 1430. The molecule has 0 aliphatic carbocycles. The van der Waals surface area contributed by atoms with Gasteiger partial charge in [0.25, 0.3) is 6.67 Å². The third-order valence-electron chi connectivity index (χ3n) is 6.96. The predicted octanol–water partition coefficient (Wildman–Crippen LogP) is 6.37. The maximum Gasteiger partial charge on any atom is 0.342 e. The van der Waals surface area contributed by atoms with Crippen molar-refractivity contribution in [1.29, 1.82) is 0 Å². The summed E-state index contributed by atoms with van der Waals surface area (Å²) < 4.78 is 89.9. The molecule has 0 radical (unpaired) electrons. The summed E-state index contributed by atoms with van der Waals surface area (Å²) in [6, 6.07) is 9.45. The maximum atomic E-state index is 15.1. The number of aliphatic imine (C=N–C) groups is 1. The number of nitrogens with zero attached hydrogens (tertiary/aromatic N) is 6. The average Bonchev–Trinajstić information content (AvgIpc) is 3.58. The van der Waals surface area contributed by atoms with Gasteiger partial charge < -0.3 is 4.74 Å². The summed E-state index contributed by atoms with van der Waals surface area (Å²) >= 11 is 0. The highest BCUT2D eigenvalue weighted by molar-refractivity contribution is 5.96. The Morgan fingerprint density at radius 2 is 1.78 bits per heavy atom. The first-order chi connectivity index (χ1) is 19.3. The van der Waals surface area contributed by atoms with E-state index in [1.807, 2.05) is 13.8 Å². The lowest BCUT2D eigenvalue weighted by molar-refractivity contribution is -0.590. The standard InChI is InChI=1S/C28H29F6N6O/c1-19(2)27(13-39-17-35-16-37-39,23-10-7-21(29)12-24(23)30)14-40-18-36-25(38-40)11-6-20-4-8-22(9-5-20)41-15-28(33,34)26(3,31)32/h4-12,16-17,19H,13-15,18H2,1-3H3/q+1/b11-6+/t27-/m0/s1. The normalized spacial score (nSPS) is 15.8. The van der Waals surface area contributed by atoms with Crippen LogP contribution in [0.4, 0.5) is 26.3 Å². The molecule has 0 saturated heterocycles. The van der Waals surface area contributed by atoms with E-state index in [4.69, 9.17) is 4.74 Å². The summed E-state index contributed by atoms with van der Waals surface area (Å²) in [4.78, 5) is 8.41. The number of amidine groups is 1. The largest absolute Gasteiger partial charge is 0.487 e. The number of hydrogen-bond acceptors (Lipinski definition) is 5. The second-order valence-corrected chi connectivity index (χ2v) is 10.2. The molecule has 13 heteroatoms. The van der Waals surface area contributed by atoms with Gasteiger partial charge in [-0.15, -0.1) is 0 Å². The third-order valence-corrected chi connectivity index (χ3v) is 6.96. The van der Waals surface area contributed by atoms with Crippen molar-refractivity contribution >= 4 is 11.9 Å². The monoisotopic (exact) mass is 579 g/mol. The fourth-order valence-electron chi connectivity index (χ4n) is 4.40. The molecule has 1 aliphatic heterocycles. The minimum atomic E-state index is -4.30. The number of azo groups is 2. The van der Waals surface area contributed by atoms with Gasteiger partial charge in [0, 0.05) is 23.7 Å². The molecule has 1 aliphatic rings. The molecule has 2 aromatic carbocycles. The van der Waals surface area contributed by atoms with Gasteiger partial charge in [-0.1, -0.05) is 42.8 Å². The van der Waals surface area contributed by atoms with Crippen molar-refractivity contribution in [2.24, 2.45) is 16.0 Å². The Kier molecular flexibility index (Phi) is 8.64. The third kappa shape index (κ3) is 7.01. The molecule has 1 aromatic heterocycles. The Morgan fingerprint density at radius 3 is 2.39 bits per heavy atom. The van der Waals surface area contributed by atoms with Gasteiger partial charge in [-0.25, -0.2) is 22.5 Å². The lowest BCUT2D eigenvalue weighted by Crippen LogP contribution is -2.45. The fraction of sp³-hybridized carbons (Fsp3) is 0.393. The molecule has 0 spiro atoms. The first kappa shape index (κ1) is 29.9. The van der Waals surface area contributed by atoms with E-state index in [0.29, 0.717) is 17.0 Å². The van der Waals surface area contributed by atoms with E-state index >= 15 is 4.39 Å². The Balaban J connectivity index is 1.48. The van der Waals surface area contributed by atoms with Crippen LogP contribution in [0, 0.1) is 17.6 Å². The Morgan fingerprint density at radius 1 is 1.05 bits per heavy atom. The van der Waals surface area contributed by atoms with E-state index in [0.717, 1.165) is 6.07 Å². The van der Waals surface area contributed by atoms with Crippen molar-refractivity contribution in [3.63, 3.8) is 0 Å². The van der Waals surface area contributed by atoms with Gasteiger partial charge in [0.05, 0.1) is 12.0 Å². The highest BCUT2D eigenvalue weighted by Gasteiger charge is 2.53. The number of halogens is 6. The van der Waals surface area contributed by atoms with E-state index in [1.165, 1.54) is 36.9 Å². The van der Waals surface area contributed by atoms with Crippen LogP contribution in [0.1, 0.15) is 31.9 Å². The molecule has 2 heterocycles. The summed E-state index contributed by atoms with van der Waals surface area (Å²) in [7, 11) is 0. The molecule has 0 saturated carbocycles. The van der Waals surface area contributed by atoms with Crippen molar-refractivity contribution < 1.29 is 35.8 Å². The number of aromatic nitrogens is 3. The smallest absolute Gasteiger partial charge is 0.342 e. The van der Waals surface area contributed by atoms with Gasteiger partial charge in [0.2, 0.25) is 5.84 Å². The average molecular weight is 580 g/mol. The molecule has 0 amide bonds. The molecule has 218 valence electrons. The molecular weight excluding hydrogens is 550 g/mol. The molecule has 0 unspecified atom stereocenters. The summed E-state index contributed by atoms with van der Waals surface area (Å²) in [5.74, 6) is -9.55. The summed E-state index contributed by atoms with van der Waals surface area (Å²) in [5, 5.41) is 8.73. The zero-order valence-corrected chi connectivity index (χ0v) is 22.6. The molecule has 4 rings (SSSR count). The molecule has 0 fully saturated rings. The molecule has 0 bridgehead atoms. The SMILES string of the molecule is CC(C)[C@](Cn1cncn1)(C[N+]1=NC(/C=C/c2ccc(OCC(F)(F)C(C)(F)F)cc2)=NC1)c1ccc(F)cc1F. The molecule has 3 aromatic rings. The van der Waals surface area contributed by atoms with Crippen LogP contribution in [0.25, 0.3) is 6.08 Å². The van der Waals surface area contributed by atoms with E-state index in [1.54, 1.807) is 33.7 Å². The topological polar surface area (TPSA) is 67.7 Å². The van der Waals surface area contributed by atoms with Gasteiger partial charge >= 0.3 is 11.8 Å². The minimum absolute atomic E-state index is 0.0191. The number of alkyl halides is 4. The predicted molar refractivity (Wildman–Crippen MR) is 139 cm³/mol. The van der Waals surface area contributed by atoms with E-state index in [9.17, 15) is 22.0 Å². The van der Waals surface area contributed by atoms with E-state index in [2.05, 4.69) is 20.2 Å². The van der Waals surface area contributed by atoms with Gasteiger partial charge in [-0.2, -0.15) is 18.9 Å². The molecular formula is C28H29F6N6O+. The first-order valence-corrected chi connectivity index (χ1v) is 12.7. The van der Waals surface area contributed by atoms with Crippen molar-refractivity contribution in [3.05, 3.63) is 84.0 Å². The van der Waals surface area contributed by atoms with Crippen LogP contribution in [-0.4, -0.2) is 57.0 Å². The van der Waals surface area contributed by atoms with Crippen LogP contribution in [0.2, 0.25) is 0 Å². The van der Waals surface area contributed by atoms with E-state index < -0.39 is 35.5 Å². The van der Waals surface area contributed by atoms with Crippen LogP contribution in [-0.2, 0) is 12.0 Å². The number of ether oxygens (including phenoxy) is 1. The van der Waals surface area contributed by atoms with Crippen molar-refractivity contribution in [3.8, 4) is 5.75 Å². The second kappa shape index (κ2) is 11.8. The minimum Gasteiger partial charge on any atom is -0.487 e. The van der Waals surface area contributed by atoms with Crippen molar-refractivity contribution in [2.75, 3.05) is 19.8 Å². The molecule has 0 N–H and O–H groups in total. The van der Waals surface area contributed by atoms with Crippen LogP contribution < -0.4 is 4.74 Å². The summed E-state index contributed by atoms with van der Waals surface area (Å²) in [6.45, 7) is 3.30. The summed E-state index contributed by atoms with van der Waals surface area (Å²) in [6.07, 6.45) is 6.25. The highest BCUT2D eigenvalue weighted by Crippen LogP contribution is 2.37. The first-order valence-electron chi connectivity index (χ1n) is 12.7. The van der Waals surface area contributed by atoms with Crippen LogP contribution in [0.3, 0.4) is 0 Å². The van der Waals surface area contributed by atoms with Crippen molar-refractivity contribution in [1.82, 2.24) is 14.8 Å². The summed E-state index contributed by atoms with van der Waals surface area (Å²) in [5.41, 5.74) is 0.126. The quantitative estimate of drug-likeness (QED) is 0.185. The van der Waals surface area contributed by atoms with Crippen LogP contribution in [0.5, 0.6) is 5.75 Å². The molecule has 41 heavy (non-hydrogen) atoms. The van der Waals surface area contributed by atoms with Gasteiger partial charge in [-0.05, 0) is 35.8 Å². The number of rotatable bonds is 12. The zero-order valence-electron chi connectivity index (χ0n) is 22.6. The second-order valence-electron chi connectivity index (χ2n) is 10.2. The van der Waals surface area contributed by atoms with Gasteiger partial charge in [0.15, 0.2) is 13.2 Å². The van der Waals surface area contributed by atoms with Gasteiger partial charge in [0.1, 0.15) is 30.0 Å². The molecule has 7 nitrogen and oxygen atoms in total. The lowest BCUT2D eigenvalue weighted by atomic mass is 9.71. The molecule has 1 atom stereocenters. The van der Waals surface area contributed by atoms with Crippen LogP contribution >= 0.6 is 0 Å². The lowest BCUT2D eigenvalue weighted by Gasteiger charge is -2.35. The Hall–Kier alpha value is -4.03. The fourth-order valence-corrected chi connectivity index (χ4v) is 4.40. The zero-order chi connectivity index (χ0) is 29.8. The number of hydrogen-bond donors (Lipinski definition) is 0. The Labute approximate surface area is 232 Å². The highest BCUT2D eigenvalue weighted by atomic mass is 19.3. The van der Waals surface area contributed by atoms with Gasteiger partial charge in [-0.3, -0.25) is 4.68 Å². The number of benzene rings is 2. The van der Waals surface area contributed by atoms with Crippen molar-refractivity contribution in [2.45, 2.75) is 44.6 Å². The maximum absolute atomic E-state index is 15.1. The van der Waals surface area contributed by atoms with E-state index in [-0.39, 0.29) is 38.3 Å².